The standard InChI is InChI=1S/C16H14N2O2S2/c1-20-16(19)14-13(9-6-7-17-8-12(9)21-14)15-18-10-4-2-3-5-11(10)22-15/h2-5,17H,6-8H2,1H3. The van der Waals surface area contributed by atoms with Crippen molar-refractivity contribution in [1.29, 1.82) is 0 Å². The van der Waals surface area contributed by atoms with Crippen molar-refractivity contribution in [3.05, 3.63) is 39.6 Å². The number of carbonyl (C=O) groups excluding carboxylic acids is 1. The van der Waals surface area contributed by atoms with Crippen molar-refractivity contribution in [3.8, 4) is 10.6 Å². The summed E-state index contributed by atoms with van der Waals surface area (Å²) in [6.45, 7) is 1.75. The fraction of sp³-hybridized carbons (Fsp3) is 0.250. The molecule has 0 bridgehead atoms. The van der Waals surface area contributed by atoms with Crippen molar-refractivity contribution in [1.82, 2.24) is 10.3 Å². The van der Waals surface area contributed by atoms with Crippen LogP contribution in [0.15, 0.2) is 24.3 Å². The maximum atomic E-state index is 12.2. The van der Waals surface area contributed by atoms with E-state index in [1.165, 1.54) is 28.9 Å². The first-order valence-corrected chi connectivity index (χ1v) is 8.70. The van der Waals surface area contributed by atoms with Gasteiger partial charge in [0.25, 0.3) is 0 Å². The SMILES string of the molecule is COC(=O)c1sc2c(c1-c1nc3ccccc3s1)CCNC2. The van der Waals surface area contributed by atoms with Crippen LogP contribution >= 0.6 is 22.7 Å². The molecule has 0 spiro atoms. The number of thiophene rings is 1. The Morgan fingerprint density at radius 1 is 1.32 bits per heavy atom. The van der Waals surface area contributed by atoms with E-state index in [4.69, 9.17) is 9.72 Å². The summed E-state index contributed by atoms with van der Waals surface area (Å²) in [6.07, 6.45) is 0.925. The van der Waals surface area contributed by atoms with Gasteiger partial charge in [-0.15, -0.1) is 22.7 Å². The van der Waals surface area contributed by atoms with Gasteiger partial charge in [-0.2, -0.15) is 0 Å². The third-order valence-corrected chi connectivity index (χ3v) is 6.07. The number of hydrogen-bond donors (Lipinski definition) is 1. The molecule has 0 atom stereocenters. The molecule has 4 nitrogen and oxygen atoms in total. The van der Waals surface area contributed by atoms with Crippen LogP contribution in [0.25, 0.3) is 20.8 Å². The molecule has 1 N–H and O–H groups in total. The minimum absolute atomic E-state index is 0.270. The maximum absolute atomic E-state index is 12.2. The number of benzene rings is 1. The molecule has 1 aliphatic heterocycles. The van der Waals surface area contributed by atoms with E-state index in [-0.39, 0.29) is 5.97 Å². The van der Waals surface area contributed by atoms with Gasteiger partial charge in [-0.05, 0) is 30.7 Å². The number of hydrogen-bond acceptors (Lipinski definition) is 6. The lowest BCUT2D eigenvalue weighted by molar-refractivity contribution is 0.0607. The van der Waals surface area contributed by atoms with Crippen LogP contribution in [0.4, 0.5) is 0 Å². The van der Waals surface area contributed by atoms with Gasteiger partial charge in [0.2, 0.25) is 0 Å². The van der Waals surface area contributed by atoms with Crippen LogP contribution in [0.3, 0.4) is 0 Å². The molecule has 0 amide bonds. The molecule has 0 aliphatic carbocycles. The molecule has 1 aliphatic rings. The fourth-order valence-electron chi connectivity index (χ4n) is 2.78. The predicted molar refractivity (Wildman–Crippen MR) is 89.7 cm³/mol. The number of methoxy groups -OCH3 is 1. The fourth-order valence-corrected chi connectivity index (χ4v) is 5.12. The summed E-state index contributed by atoms with van der Waals surface area (Å²) in [6, 6.07) is 8.07. The zero-order valence-electron chi connectivity index (χ0n) is 12.0. The van der Waals surface area contributed by atoms with Crippen molar-refractivity contribution in [2.75, 3.05) is 13.7 Å². The Balaban J connectivity index is 1.95. The van der Waals surface area contributed by atoms with Crippen molar-refractivity contribution < 1.29 is 9.53 Å². The lowest BCUT2D eigenvalue weighted by Crippen LogP contribution is -2.22. The number of aromatic nitrogens is 1. The molecule has 1 aromatic carbocycles. The van der Waals surface area contributed by atoms with Crippen LogP contribution in [0.1, 0.15) is 20.1 Å². The zero-order valence-corrected chi connectivity index (χ0v) is 13.6. The number of carbonyl (C=O) groups is 1. The van der Waals surface area contributed by atoms with Gasteiger partial charge in [-0.25, -0.2) is 9.78 Å². The van der Waals surface area contributed by atoms with Gasteiger partial charge in [0.05, 0.1) is 17.3 Å². The molecule has 0 unspecified atom stereocenters. The Hall–Kier alpha value is -1.76. The smallest absolute Gasteiger partial charge is 0.348 e. The van der Waals surface area contributed by atoms with Gasteiger partial charge in [-0.1, -0.05) is 12.1 Å². The molecule has 0 fully saturated rings. The minimum atomic E-state index is -0.270. The summed E-state index contributed by atoms with van der Waals surface area (Å²) >= 11 is 3.17. The van der Waals surface area contributed by atoms with Gasteiger partial charge in [-0.3, -0.25) is 0 Å². The molecule has 3 heterocycles. The van der Waals surface area contributed by atoms with E-state index >= 15 is 0 Å². The Morgan fingerprint density at radius 3 is 3.00 bits per heavy atom. The topological polar surface area (TPSA) is 51.2 Å². The molecule has 0 radical (unpaired) electrons. The molecule has 22 heavy (non-hydrogen) atoms. The van der Waals surface area contributed by atoms with Crippen molar-refractivity contribution in [3.63, 3.8) is 0 Å². The molecule has 0 saturated heterocycles. The van der Waals surface area contributed by atoms with E-state index < -0.39 is 0 Å². The lowest BCUT2D eigenvalue weighted by atomic mass is 10.0. The minimum Gasteiger partial charge on any atom is -0.465 e. The van der Waals surface area contributed by atoms with Gasteiger partial charge < -0.3 is 10.1 Å². The highest BCUT2D eigenvalue weighted by Gasteiger charge is 2.27. The summed E-state index contributed by atoms with van der Waals surface area (Å²) in [4.78, 5) is 18.8. The summed E-state index contributed by atoms with van der Waals surface area (Å²) in [5, 5.41) is 4.28. The third-order valence-electron chi connectivity index (χ3n) is 3.81. The number of nitrogens with zero attached hydrogens (tertiary/aromatic N) is 1. The van der Waals surface area contributed by atoms with E-state index in [1.807, 2.05) is 18.2 Å². The first-order valence-electron chi connectivity index (χ1n) is 7.07. The molecular weight excluding hydrogens is 316 g/mol. The zero-order chi connectivity index (χ0) is 15.1. The number of fused-ring (bicyclic) bond motifs is 2. The Morgan fingerprint density at radius 2 is 2.18 bits per heavy atom. The normalized spacial score (nSPS) is 14.0. The molecule has 4 rings (SSSR count). The Labute approximate surface area is 135 Å². The average molecular weight is 330 g/mol. The van der Waals surface area contributed by atoms with Gasteiger partial charge >= 0.3 is 5.97 Å². The number of nitrogens with one attached hydrogen (secondary N) is 1. The summed E-state index contributed by atoms with van der Waals surface area (Å²) in [7, 11) is 1.43. The summed E-state index contributed by atoms with van der Waals surface area (Å²) < 4.78 is 6.12. The van der Waals surface area contributed by atoms with Crippen LogP contribution in [0.5, 0.6) is 0 Å². The van der Waals surface area contributed by atoms with E-state index in [0.29, 0.717) is 4.88 Å². The quantitative estimate of drug-likeness (QED) is 0.731. The number of ether oxygens (including phenoxy) is 1. The molecule has 0 saturated carbocycles. The summed E-state index contributed by atoms with van der Waals surface area (Å²) in [5.41, 5.74) is 3.21. The highest BCUT2D eigenvalue weighted by molar-refractivity contribution is 7.22. The first kappa shape index (κ1) is 13.9. The Bertz CT molecular complexity index is 833. The van der Waals surface area contributed by atoms with E-state index in [0.717, 1.165) is 40.3 Å². The average Bonchev–Trinajstić information content (AvgIpc) is 3.14. The number of para-hydroxylation sites is 1. The molecular formula is C16H14N2O2S2. The third kappa shape index (κ3) is 2.15. The van der Waals surface area contributed by atoms with Crippen LogP contribution in [0.2, 0.25) is 0 Å². The van der Waals surface area contributed by atoms with Crippen molar-refractivity contribution >= 4 is 38.9 Å². The monoisotopic (exact) mass is 330 g/mol. The van der Waals surface area contributed by atoms with Gasteiger partial charge in [0.1, 0.15) is 9.88 Å². The van der Waals surface area contributed by atoms with E-state index in [9.17, 15) is 4.79 Å². The van der Waals surface area contributed by atoms with Crippen LogP contribution in [-0.4, -0.2) is 24.6 Å². The molecule has 6 heteroatoms. The number of rotatable bonds is 2. The molecule has 2 aromatic heterocycles. The van der Waals surface area contributed by atoms with E-state index in [1.54, 1.807) is 11.3 Å². The van der Waals surface area contributed by atoms with Crippen molar-refractivity contribution in [2.24, 2.45) is 0 Å². The Kier molecular flexibility index (Phi) is 3.44. The summed E-state index contributed by atoms with van der Waals surface area (Å²) in [5.74, 6) is -0.270. The van der Waals surface area contributed by atoms with E-state index in [2.05, 4.69) is 11.4 Å². The van der Waals surface area contributed by atoms with Gasteiger partial charge in [0, 0.05) is 17.0 Å². The largest absolute Gasteiger partial charge is 0.465 e. The van der Waals surface area contributed by atoms with Crippen molar-refractivity contribution in [2.45, 2.75) is 13.0 Å². The van der Waals surface area contributed by atoms with Gasteiger partial charge in [0.15, 0.2) is 0 Å². The second-order valence-electron chi connectivity index (χ2n) is 5.11. The predicted octanol–water partition coefficient (Wildman–Crippen LogP) is 3.46. The molecule has 112 valence electrons. The van der Waals surface area contributed by atoms with Crippen LogP contribution in [-0.2, 0) is 17.7 Å². The molecule has 3 aromatic rings. The van der Waals surface area contributed by atoms with Crippen LogP contribution in [0, 0.1) is 0 Å². The number of thiazole rings is 1. The van der Waals surface area contributed by atoms with Crippen LogP contribution < -0.4 is 5.32 Å². The highest BCUT2D eigenvalue weighted by atomic mass is 32.1. The maximum Gasteiger partial charge on any atom is 0.348 e. The first-order chi connectivity index (χ1) is 10.8. The second kappa shape index (κ2) is 5.46. The number of esters is 1. The second-order valence-corrected chi connectivity index (χ2v) is 7.25. The highest BCUT2D eigenvalue weighted by Crippen LogP contribution is 2.41. The lowest BCUT2D eigenvalue weighted by Gasteiger charge is -2.13.